The maximum atomic E-state index is 5.58. The first-order valence-corrected chi connectivity index (χ1v) is 18.3. The standard InChI is InChI=1S/C47H31N3S/c1-47(2)37-20-10-12-22-39(37)51-45-41(47)34-18-8-7-17-33(34)40-35-19-9-11-21-38(35)50(44(40)45)46-48-42(31-24-23-28-13-3-4-15-30(28)27-31)36-26-25-29-14-5-6-16-32(29)43(36)49-46/h3-27H,1-2H3. The molecular weight excluding hydrogens is 639 g/mol. The Morgan fingerprint density at radius 1 is 0.549 bits per heavy atom. The Balaban J connectivity index is 1.33. The number of fused-ring (bicyclic) bond motifs is 13. The molecule has 51 heavy (non-hydrogen) atoms. The summed E-state index contributed by atoms with van der Waals surface area (Å²) in [6.07, 6.45) is 0. The molecule has 2 aromatic heterocycles. The van der Waals surface area contributed by atoms with Gasteiger partial charge in [0.2, 0.25) is 5.95 Å². The number of rotatable bonds is 2. The second-order valence-corrected chi connectivity index (χ2v) is 15.2. The van der Waals surface area contributed by atoms with Crippen LogP contribution in [0.1, 0.15) is 25.0 Å². The van der Waals surface area contributed by atoms with Crippen LogP contribution in [0.3, 0.4) is 0 Å². The van der Waals surface area contributed by atoms with E-state index in [9.17, 15) is 0 Å². The summed E-state index contributed by atoms with van der Waals surface area (Å²) in [4.78, 5) is 13.7. The van der Waals surface area contributed by atoms with Crippen molar-refractivity contribution in [2.75, 3.05) is 0 Å². The monoisotopic (exact) mass is 669 g/mol. The van der Waals surface area contributed by atoms with Crippen LogP contribution in [0, 0.1) is 0 Å². The molecule has 0 aliphatic carbocycles. The van der Waals surface area contributed by atoms with Gasteiger partial charge in [-0.15, -0.1) is 0 Å². The van der Waals surface area contributed by atoms with Gasteiger partial charge >= 0.3 is 0 Å². The second kappa shape index (κ2) is 10.5. The highest BCUT2D eigenvalue weighted by molar-refractivity contribution is 7.99. The van der Waals surface area contributed by atoms with Crippen molar-refractivity contribution in [2.45, 2.75) is 29.1 Å². The van der Waals surface area contributed by atoms with Crippen molar-refractivity contribution in [3.63, 3.8) is 0 Å². The average molecular weight is 670 g/mol. The van der Waals surface area contributed by atoms with Gasteiger partial charge in [0.05, 0.1) is 22.2 Å². The fourth-order valence-corrected chi connectivity index (χ4v) is 10.2. The molecule has 240 valence electrons. The van der Waals surface area contributed by atoms with Crippen molar-refractivity contribution in [1.29, 1.82) is 0 Å². The molecule has 0 atom stereocenters. The van der Waals surface area contributed by atoms with Crippen LogP contribution in [0.2, 0.25) is 0 Å². The minimum atomic E-state index is -0.219. The summed E-state index contributed by atoms with van der Waals surface area (Å²) in [5.74, 6) is 0.683. The summed E-state index contributed by atoms with van der Waals surface area (Å²) < 4.78 is 2.36. The van der Waals surface area contributed by atoms with Crippen LogP contribution in [-0.4, -0.2) is 14.5 Å². The van der Waals surface area contributed by atoms with Crippen LogP contribution in [-0.2, 0) is 5.41 Å². The number of para-hydroxylation sites is 1. The molecule has 1 aliphatic heterocycles. The molecular formula is C47H31N3S. The highest BCUT2D eigenvalue weighted by Gasteiger charge is 2.37. The third-order valence-corrected chi connectivity index (χ3v) is 12.2. The number of aromatic nitrogens is 3. The summed E-state index contributed by atoms with van der Waals surface area (Å²) in [6.45, 7) is 4.76. The molecule has 0 N–H and O–H groups in total. The molecule has 4 heteroatoms. The third kappa shape index (κ3) is 4.02. The topological polar surface area (TPSA) is 30.7 Å². The highest BCUT2D eigenvalue weighted by Crippen LogP contribution is 2.56. The SMILES string of the molecule is CC1(C)c2ccccc2Sc2c1c1ccccc1c1c3ccccc3n(-c3nc(-c4ccc5ccccc5c4)c4ccc5ccccc5c4n3)c21. The lowest BCUT2D eigenvalue weighted by Crippen LogP contribution is -2.24. The third-order valence-electron chi connectivity index (χ3n) is 11.0. The van der Waals surface area contributed by atoms with Crippen molar-refractivity contribution in [2.24, 2.45) is 0 Å². The molecule has 0 spiro atoms. The Kier molecular flexibility index (Phi) is 5.95. The molecule has 8 aromatic carbocycles. The molecule has 0 saturated carbocycles. The summed E-state index contributed by atoms with van der Waals surface area (Å²) in [5.41, 5.74) is 7.75. The molecule has 0 bridgehead atoms. The Morgan fingerprint density at radius 2 is 1.22 bits per heavy atom. The van der Waals surface area contributed by atoms with Crippen LogP contribution in [0.5, 0.6) is 0 Å². The van der Waals surface area contributed by atoms with Crippen LogP contribution in [0.4, 0.5) is 0 Å². The van der Waals surface area contributed by atoms with Crippen molar-refractivity contribution in [3.8, 4) is 17.2 Å². The Hall–Kier alpha value is -5.97. The average Bonchev–Trinajstić information content (AvgIpc) is 3.53. The predicted octanol–water partition coefficient (Wildman–Crippen LogP) is 12.6. The first-order chi connectivity index (χ1) is 25.1. The van der Waals surface area contributed by atoms with E-state index in [1.165, 1.54) is 64.1 Å². The predicted molar refractivity (Wildman–Crippen MR) is 215 cm³/mol. The molecule has 1 aliphatic rings. The van der Waals surface area contributed by atoms with E-state index < -0.39 is 0 Å². The maximum absolute atomic E-state index is 5.58. The highest BCUT2D eigenvalue weighted by atomic mass is 32.2. The maximum Gasteiger partial charge on any atom is 0.235 e. The Bertz CT molecular complexity index is 3100. The fourth-order valence-electron chi connectivity index (χ4n) is 8.64. The van der Waals surface area contributed by atoms with Crippen LogP contribution in [0.25, 0.3) is 82.2 Å². The van der Waals surface area contributed by atoms with Gasteiger partial charge in [-0.05, 0) is 62.3 Å². The molecule has 0 unspecified atom stereocenters. The summed E-state index contributed by atoms with van der Waals surface area (Å²) >= 11 is 1.88. The first kappa shape index (κ1) is 28.8. The van der Waals surface area contributed by atoms with Gasteiger partial charge in [0.15, 0.2) is 0 Å². The summed E-state index contributed by atoms with van der Waals surface area (Å²) in [6, 6.07) is 54.9. The first-order valence-electron chi connectivity index (χ1n) is 17.5. The van der Waals surface area contributed by atoms with E-state index in [2.05, 4.69) is 170 Å². The quantitative estimate of drug-likeness (QED) is 0.172. The fraction of sp³-hybridized carbons (Fsp3) is 0.0638. The molecule has 3 heterocycles. The lowest BCUT2D eigenvalue weighted by Gasteiger charge is -2.36. The number of benzene rings is 8. The summed E-state index contributed by atoms with van der Waals surface area (Å²) in [7, 11) is 0. The number of hydrogen-bond acceptors (Lipinski definition) is 3. The van der Waals surface area contributed by atoms with Crippen LogP contribution in [0.15, 0.2) is 161 Å². The van der Waals surface area contributed by atoms with E-state index >= 15 is 0 Å². The second-order valence-electron chi connectivity index (χ2n) is 14.2. The van der Waals surface area contributed by atoms with E-state index in [0.717, 1.165) is 33.1 Å². The van der Waals surface area contributed by atoms with Crippen LogP contribution < -0.4 is 0 Å². The zero-order valence-electron chi connectivity index (χ0n) is 28.2. The van der Waals surface area contributed by atoms with Crippen molar-refractivity contribution < 1.29 is 0 Å². The zero-order chi connectivity index (χ0) is 33.8. The Morgan fingerprint density at radius 3 is 2.08 bits per heavy atom. The zero-order valence-corrected chi connectivity index (χ0v) is 29.0. The molecule has 3 nitrogen and oxygen atoms in total. The van der Waals surface area contributed by atoms with Crippen molar-refractivity contribution in [1.82, 2.24) is 14.5 Å². The van der Waals surface area contributed by atoms with Gasteiger partial charge < -0.3 is 0 Å². The van der Waals surface area contributed by atoms with E-state index in [4.69, 9.17) is 9.97 Å². The minimum Gasteiger partial charge on any atom is -0.277 e. The van der Waals surface area contributed by atoms with Crippen molar-refractivity contribution >= 4 is 76.8 Å². The van der Waals surface area contributed by atoms with Gasteiger partial charge in [-0.1, -0.05) is 153 Å². The van der Waals surface area contributed by atoms with E-state index in [0.29, 0.717) is 5.95 Å². The molecule has 0 radical (unpaired) electrons. The Labute approximate surface area is 299 Å². The van der Waals surface area contributed by atoms with Gasteiger partial charge in [-0.3, -0.25) is 4.57 Å². The minimum absolute atomic E-state index is 0.219. The normalized spacial score (nSPS) is 13.8. The van der Waals surface area contributed by atoms with E-state index in [1.54, 1.807) is 0 Å². The molecule has 0 fully saturated rings. The van der Waals surface area contributed by atoms with Gasteiger partial charge in [-0.25, -0.2) is 9.97 Å². The molecule has 0 amide bonds. The van der Waals surface area contributed by atoms with Crippen LogP contribution >= 0.6 is 11.8 Å². The van der Waals surface area contributed by atoms with Gasteiger partial charge in [0.25, 0.3) is 0 Å². The lowest BCUT2D eigenvalue weighted by atomic mass is 9.75. The smallest absolute Gasteiger partial charge is 0.235 e. The van der Waals surface area contributed by atoms with Gasteiger partial charge in [0, 0.05) is 42.3 Å². The van der Waals surface area contributed by atoms with Gasteiger partial charge in [-0.2, -0.15) is 0 Å². The van der Waals surface area contributed by atoms with Crippen molar-refractivity contribution in [3.05, 3.63) is 163 Å². The molecule has 10 aromatic rings. The molecule has 0 saturated heterocycles. The summed E-state index contributed by atoms with van der Waals surface area (Å²) in [5, 5.41) is 10.8. The largest absolute Gasteiger partial charge is 0.277 e. The lowest BCUT2D eigenvalue weighted by molar-refractivity contribution is 0.615. The van der Waals surface area contributed by atoms with Gasteiger partial charge in [0.1, 0.15) is 0 Å². The molecule has 11 rings (SSSR count). The number of nitrogens with zero attached hydrogens (tertiary/aromatic N) is 3. The number of hydrogen-bond donors (Lipinski definition) is 0. The van der Waals surface area contributed by atoms with E-state index in [-0.39, 0.29) is 5.41 Å². The van der Waals surface area contributed by atoms with E-state index in [1.807, 2.05) is 11.8 Å².